The molecule has 1 heterocycles. The van der Waals surface area contributed by atoms with Gasteiger partial charge in [0.05, 0.1) is 6.61 Å². The predicted octanol–water partition coefficient (Wildman–Crippen LogP) is 3.81. The lowest BCUT2D eigenvalue weighted by Crippen LogP contribution is -2.35. The number of aryl methyl sites for hydroxylation is 1. The van der Waals surface area contributed by atoms with Crippen molar-refractivity contribution in [2.75, 3.05) is 13.2 Å². The Hall–Kier alpha value is -0.730. The SMILES string of the molecule is CCc1cc(Cl)ccc1OCC[C@@H]1CCCCN1. The first-order chi connectivity index (χ1) is 8.79. The molecule has 18 heavy (non-hydrogen) atoms. The summed E-state index contributed by atoms with van der Waals surface area (Å²) in [6.07, 6.45) is 5.99. The zero-order valence-corrected chi connectivity index (χ0v) is 11.8. The van der Waals surface area contributed by atoms with Gasteiger partial charge in [0, 0.05) is 11.1 Å². The molecule has 2 rings (SSSR count). The van der Waals surface area contributed by atoms with Crippen LogP contribution in [0.4, 0.5) is 0 Å². The number of ether oxygens (including phenoxy) is 1. The van der Waals surface area contributed by atoms with Crippen LogP contribution in [0.1, 0.15) is 38.2 Å². The van der Waals surface area contributed by atoms with Gasteiger partial charge in [-0.2, -0.15) is 0 Å². The molecule has 1 saturated heterocycles. The van der Waals surface area contributed by atoms with Gasteiger partial charge in [0.15, 0.2) is 0 Å². The molecule has 1 aliphatic heterocycles. The van der Waals surface area contributed by atoms with Crippen molar-refractivity contribution in [2.24, 2.45) is 0 Å². The fraction of sp³-hybridized carbons (Fsp3) is 0.600. The molecule has 1 N–H and O–H groups in total. The number of nitrogens with one attached hydrogen (secondary N) is 1. The minimum absolute atomic E-state index is 0.635. The maximum absolute atomic E-state index is 5.99. The second kappa shape index (κ2) is 7.01. The quantitative estimate of drug-likeness (QED) is 0.876. The number of hydrogen-bond acceptors (Lipinski definition) is 2. The van der Waals surface area contributed by atoms with E-state index in [1.54, 1.807) is 0 Å². The summed E-state index contributed by atoms with van der Waals surface area (Å²) in [5.41, 5.74) is 1.19. The number of benzene rings is 1. The lowest BCUT2D eigenvalue weighted by Gasteiger charge is -2.23. The molecule has 0 radical (unpaired) electrons. The van der Waals surface area contributed by atoms with E-state index in [1.807, 2.05) is 18.2 Å². The normalized spacial score (nSPS) is 19.8. The summed E-state index contributed by atoms with van der Waals surface area (Å²) in [5, 5.41) is 4.33. The molecule has 0 spiro atoms. The highest BCUT2D eigenvalue weighted by molar-refractivity contribution is 6.30. The maximum Gasteiger partial charge on any atom is 0.122 e. The van der Waals surface area contributed by atoms with E-state index >= 15 is 0 Å². The van der Waals surface area contributed by atoms with Gasteiger partial charge in [-0.15, -0.1) is 0 Å². The molecular formula is C15H22ClNO. The number of piperidine rings is 1. The van der Waals surface area contributed by atoms with Crippen molar-refractivity contribution in [1.29, 1.82) is 0 Å². The lowest BCUT2D eigenvalue weighted by atomic mass is 10.0. The summed E-state index contributed by atoms with van der Waals surface area (Å²) in [7, 11) is 0. The van der Waals surface area contributed by atoms with Crippen LogP contribution in [0.3, 0.4) is 0 Å². The average Bonchev–Trinajstić information content (AvgIpc) is 2.41. The Bertz CT molecular complexity index is 375. The van der Waals surface area contributed by atoms with Crippen molar-refractivity contribution in [3.05, 3.63) is 28.8 Å². The second-order valence-corrected chi connectivity index (χ2v) is 5.33. The average molecular weight is 268 g/mol. The molecule has 1 aliphatic rings. The molecule has 1 aromatic rings. The van der Waals surface area contributed by atoms with Crippen LogP contribution in [0, 0.1) is 0 Å². The molecule has 0 aliphatic carbocycles. The third-order valence-corrected chi connectivity index (χ3v) is 3.77. The van der Waals surface area contributed by atoms with Gasteiger partial charge >= 0.3 is 0 Å². The minimum Gasteiger partial charge on any atom is -0.493 e. The third kappa shape index (κ3) is 3.89. The van der Waals surface area contributed by atoms with E-state index in [0.717, 1.165) is 36.8 Å². The molecule has 1 aromatic carbocycles. The zero-order valence-electron chi connectivity index (χ0n) is 11.0. The van der Waals surface area contributed by atoms with Crippen molar-refractivity contribution in [2.45, 2.75) is 45.1 Å². The monoisotopic (exact) mass is 267 g/mol. The number of halogens is 1. The van der Waals surface area contributed by atoms with Crippen molar-refractivity contribution in [3.8, 4) is 5.75 Å². The molecule has 1 fully saturated rings. The van der Waals surface area contributed by atoms with E-state index in [-0.39, 0.29) is 0 Å². The van der Waals surface area contributed by atoms with Crippen molar-refractivity contribution >= 4 is 11.6 Å². The van der Waals surface area contributed by atoms with E-state index in [9.17, 15) is 0 Å². The summed E-state index contributed by atoms with van der Waals surface area (Å²) < 4.78 is 5.89. The zero-order chi connectivity index (χ0) is 12.8. The second-order valence-electron chi connectivity index (χ2n) is 4.89. The van der Waals surface area contributed by atoms with Crippen LogP contribution in [0.25, 0.3) is 0 Å². The third-order valence-electron chi connectivity index (χ3n) is 3.54. The molecular weight excluding hydrogens is 246 g/mol. The van der Waals surface area contributed by atoms with Crippen LogP contribution < -0.4 is 10.1 Å². The summed E-state index contributed by atoms with van der Waals surface area (Å²) in [6, 6.07) is 6.51. The van der Waals surface area contributed by atoms with E-state index in [2.05, 4.69) is 12.2 Å². The molecule has 3 heteroatoms. The highest BCUT2D eigenvalue weighted by atomic mass is 35.5. The van der Waals surface area contributed by atoms with Crippen molar-refractivity contribution in [3.63, 3.8) is 0 Å². The van der Waals surface area contributed by atoms with Gasteiger partial charge in [-0.25, -0.2) is 0 Å². The van der Waals surface area contributed by atoms with E-state index < -0.39 is 0 Å². The maximum atomic E-state index is 5.99. The molecule has 0 saturated carbocycles. The Morgan fingerprint density at radius 3 is 3.00 bits per heavy atom. The molecule has 2 nitrogen and oxygen atoms in total. The molecule has 0 unspecified atom stereocenters. The molecule has 0 aromatic heterocycles. The Morgan fingerprint density at radius 2 is 2.28 bits per heavy atom. The smallest absolute Gasteiger partial charge is 0.122 e. The Morgan fingerprint density at radius 1 is 1.39 bits per heavy atom. The Balaban J connectivity index is 1.82. The summed E-state index contributed by atoms with van der Waals surface area (Å²) in [4.78, 5) is 0. The first-order valence-corrected chi connectivity index (χ1v) is 7.32. The van der Waals surface area contributed by atoms with Crippen LogP contribution in [-0.2, 0) is 6.42 Å². The summed E-state index contributed by atoms with van der Waals surface area (Å²) in [6.45, 7) is 4.07. The van der Waals surface area contributed by atoms with Crippen LogP contribution in [0.5, 0.6) is 5.75 Å². The first kappa shape index (κ1) is 13.7. The predicted molar refractivity (Wildman–Crippen MR) is 76.6 cm³/mol. The van der Waals surface area contributed by atoms with E-state index in [0.29, 0.717) is 6.04 Å². The van der Waals surface area contributed by atoms with Crippen molar-refractivity contribution in [1.82, 2.24) is 5.32 Å². The van der Waals surface area contributed by atoms with Gasteiger partial charge in [-0.3, -0.25) is 0 Å². The van der Waals surface area contributed by atoms with Gasteiger partial charge in [0.2, 0.25) is 0 Å². The first-order valence-electron chi connectivity index (χ1n) is 6.94. The topological polar surface area (TPSA) is 21.3 Å². The number of rotatable bonds is 5. The van der Waals surface area contributed by atoms with Crippen LogP contribution in [0.15, 0.2) is 18.2 Å². The highest BCUT2D eigenvalue weighted by Gasteiger charge is 2.12. The van der Waals surface area contributed by atoms with Gasteiger partial charge in [0.25, 0.3) is 0 Å². The van der Waals surface area contributed by atoms with Gasteiger partial charge in [0.1, 0.15) is 5.75 Å². The fourth-order valence-electron chi connectivity index (χ4n) is 2.45. The Labute approximate surface area is 115 Å². The standard InChI is InChI=1S/C15H22ClNO/c1-2-12-11-13(16)6-7-15(12)18-10-8-14-5-3-4-9-17-14/h6-7,11,14,17H,2-5,8-10H2,1H3/t14-/m0/s1. The molecule has 0 bridgehead atoms. The largest absolute Gasteiger partial charge is 0.493 e. The summed E-state index contributed by atoms with van der Waals surface area (Å²) in [5.74, 6) is 0.984. The molecule has 100 valence electrons. The van der Waals surface area contributed by atoms with Crippen LogP contribution >= 0.6 is 11.6 Å². The summed E-state index contributed by atoms with van der Waals surface area (Å²) >= 11 is 5.99. The molecule has 0 amide bonds. The van der Waals surface area contributed by atoms with Gasteiger partial charge in [-0.05, 0) is 56.0 Å². The van der Waals surface area contributed by atoms with Crippen LogP contribution in [-0.4, -0.2) is 19.2 Å². The lowest BCUT2D eigenvalue weighted by molar-refractivity contribution is 0.266. The number of hydrogen-bond donors (Lipinski definition) is 1. The van der Waals surface area contributed by atoms with Gasteiger partial charge in [-0.1, -0.05) is 24.9 Å². The van der Waals surface area contributed by atoms with E-state index in [1.165, 1.54) is 24.8 Å². The van der Waals surface area contributed by atoms with Crippen LogP contribution in [0.2, 0.25) is 5.02 Å². The Kier molecular flexibility index (Phi) is 5.33. The molecule has 1 atom stereocenters. The minimum atomic E-state index is 0.635. The van der Waals surface area contributed by atoms with Crippen molar-refractivity contribution < 1.29 is 4.74 Å². The van der Waals surface area contributed by atoms with Gasteiger partial charge < -0.3 is 10.1 Å². The highest BCUT2D eigenvalue weighted by Crippen LogP contribution is 2.23. The fourth-order valence-corrected chi connectivity index (χ4v) is 2.64. The van der Waals surface area contributed by atoms with E-state index in [4.69, 9.17) is 16.3 Å².